The third kappa shape index (κ3) is 13.3. The summed E-state index contributed by atoms with van der Waals surface area (Å²) in [4.78, 5) is 157. The topological polar surface area (TPSA) is 416 Å². The first-order valence-electron chi connectivity index (χ1n) is 28.1. The van der Waals surface area contributed by atoms with Gasteiger partial charge in [0.1, 0.15) is 24.6 Å². The lowest BCUT2D eigenvalue weighted by Crippen LogP contribution is -2.30. The number of nitrogens with one attached hydrogen (secondary N) is 6. The lowest BCUT2D eigenvalue weighted by molar-refractivity contribution is -0.385. The Kier molecular flexibility index (Phi) is 17.4. The van der Waals surface area contributed by atoms with E-state index in [1.807, 2.05) is 12.1 Å². The van der Waals surface area contributed by atoms with Crippen LogP contribution in [0.25, 0.3) is 43.4 Å². The molecule has 12 rings (SSSR count). The van der Waals surface area contributed by atoms with Gasteiger partial charge in [-0.05, 0) is 118 Å². The zero-order valence-electron chi connectivity index (χ0n) is 48.2. The van der Waals surface area contributed by atoms with Gasteiger partial charge in [0.2, 0.25) is 0 Å². The highest BCUT2D eigenvalue weighted by Crippen LogP contribution is 2.51. The predicted octanol–water partition coefficient (Wildman–Crippen LogP) is 11.9. The number of hydrogen-bond donors (Lipinski definition) is 12. The SMILES string of the molecule is O=C(Nc1ccc2[nH]c(C(=O)N3CC(CCl)c4c3cc(NC(=O)OCc3ccc([N+](=O)[O-])c(O[P+](O)(O)O)c3)c3ccccc43)cc2c1)Nc1ccc2[nH]c(C(=O)N3CC(CCl)c4c3cc(NC(=O)OCc3ccc([N+](=O)[O-])c(O[P+](O)(O)O)c3)c3ccccc43)cc2c1. The number of aromatic amines is 2. The highest BCUT2D eigenvalue weighted by atomic mass is 35.5. The third-order valence-corrected chi connectivity index (χ3v) is 17.1. The van der Waals surface area contributed by atoms with E-state index in [-0.39, 0.29) is 70.6 Å². The van der Waals surface area contributed by atoms with Crippen molar-refractivity contribution in [1.29, 1.82) is 0 Å². The molecule has 4 heterocycles. The van der Waals surface area contributed by atoms with Crippen LogP contribution < -0.4 is 40.1 Å². The van der Waals surface area contributed by atoms with Gasteiger partial charge in [0.05, 0.1) is 32.6 Å². The second-order valence-corrected chi connectivity index (χ2v) is 24.7. The zero-order chi connectivity index (χ0) is 66.5. The molecule has 0 fully saturated rings. The van der Waals surface area contributed by atoms with Crippen molar-refractivity contribution >= 4 is 158 Å². The molecule has 6 amide bonds. The van der Waals surface area contributed by atoms with Crippen LogP contribution in [0.2, 0.25) is 0 Å². The number of carbonyl (C=O) groups excluding carboxylic acids is 5. The first-order chi connectivity index (χ1) is 44.9. The Hall–Kier alpha value is -10.3. The van der Waals surface area contributed by atoms with E-state index in [0.717, 1.165) is 35.4 Å². The van der Waals surface area contributed by atoms with Gasteiger partial charge in [0.25, 0.3) is 23.3 Å². The molecule has 33 heteroatoms. The van der Waals surface area contributed by atoms with Crippen LogP contribution in [0.1, 0.15) is 55.1 Å². The van der Waals surface area contributed by atoms with Crippen molar-refractivity contribution in [2.24, 2.45) is 0 Å². The summed E-state index contributed by atoms with van der Waals surface area (Å²) in [5, 5.41) is 37.8. The quantitative estimate of drug-likeness (QED) is 0.0164. The minimum absolute atomic E-state index is 0.142. The molecule has 0 saturated carbocycles. The zero-order valence-corrected chi connectivity index (χ0v) is 51.5. The Balaban J connectivity index is 0.714. The molecule has 29 nitrogen and oxygen atoms in total. The number of halogens is 2. The minimum Gasteiger partial charge on any atom is -0.444 e. The number of ether oxygens (including phenoxy) is 2. The number of H-pyrrole nitrogens is 2. The second kappa shape index (κ2) is 25.7. The number of urea groups is 1. The number of hydrogen-bond acceptors (Lipinski definition) is 19. The van der Waals surface area contributed by atoms with Gasteiger partial charge in [0, 0.05) is 92.8 Å². The molecule has 0 spiro atoms. The average Bonchev–Trinajstić information content (AvgIpc) is 1.57. The monoisotopic (exact) mass is 1360 g/mol. The molecule has 12 N–H and O–H groups in total. The lowest BCUT2D eigenvalue weighted by Gasteiger charge is -2.19. The van der Waals surface area contributed by atoms with Crippen LogP contribution in [0.15, 0.2) is 146 Å². The summed E-state index contributed by atoms with van der Waals surface area (Å²) >= 11 is 13.1. The molecule has 0 bridgehead atoms. The van der Waals surface area contributed by atoms with E-state index in [1.54, 1.807) is 107 Å². The van der Waals surface area contributed by atoms with E-state index in [0.29, 0.717) is 66.1 Å². The molecule has 0 radical (unpaired) electrons. The van der Waals surface area contributed by atoms with Crippen LogP contribution in [-0.4, -0.2) is 104 Å². The van der Waals surface area contributed by atoms with Crippen LogP contribution in [-0.2, 0) is 22.7 Å². The van der Waals surface area contributed by atoms with Crippen LogP contribution in [0.4, 0.5) is 59.9 Å². The number of anilines is 6. The van der Waals surface area contributed by atoms with Crippen molar-refractivity contribution in [3.63, 3.8) is 0 Å². The smallest absolute Gasteiger partial charge is 0.444 e. The highest BCUT2D eigenvalue weighted by Gasteiger charge is 2.41. The summed E-state index contributed by atoms with van der Waals surface area (Å²) in [5.41, 5.74) is 4.26. The van der Waals surface area contributed by atoms with Crippen LogP contribution in [0, 0.1) is 20.2 Å². The van der Waals surface area contributed by atoms with Crippen LogP contribution in [0.3, 0.4) is 0 Å². The summed E-state index contributed by atoms with van der Waals surface area (Å²) in [7, 11) is -9.88. The van der Waals surface area contributed by atoms with Gasteiger partial charge < -0.3 is 39.9 Å². The van der Waals surface area contributed by atoms with Crippen molar-refractivity contribution in [2.75, 3.05) is 55.9 Å². The maximum Gasteiger partial charge on any atom is 0.614 e. The Morgan fingerprint density at radius 3 is 1.29 bits per heavy atom. The maximum atomic E-state index is 14.6. The average molecular weight is 1360 g/mol. The number of alkyl halides is 2. The van der Waals surface area contributed by atoms with E-state index in [1.165, 1.54) is 12.1 Å². The molecule has 2 aromatic heterocycles. The minimum atomic E-state index is -4.94. The second-order valence-electron chi connectivity index (χ2n) is 21.6. The maximum absolute atomic E-state index is 14.6. The molecule has 2 atom stereocenters. The predicted molar refractivity (Wildman–Crippen MR) is 350 cm³/mol. The molecule has 2 aliphatic rings. The van der Waals surface area contributed by atoms with Crippen LogP contribution >= 0.6 is 39.5 Å². The fraction of sp³-hybridized carbons (Fsp3) is 0.131. The first-order valence-corrected chi connectivity index (χ1v) is 32.3. The molecule has 2 unspecified atom stereocenters. The summed E-state index contributed by atoms with van der Waals surface area (Å²) in [5.74, 6) is -2.52. The van der Waals surface area contributed by atoms with E-state index in [2.05, 4.69) is 40.3 Å². The molecule has 8 aromatic carbocycles. The molecular formula is C61H50Cl2N10O19P2+2. The van der Waals surface area contributed by atoms with Crippen molar-refractivity contribution in [3.05, 3.63) is 199 Å². The van der Waals surface area contributed by atoms with Gasteiger partial charge in [-0.2, -0.15) is 29.4 Å². The van der Waals surface area contributed by atoms with Gasteiger partial charge in [-0.3, -0.25) is 49.5 Å². The number of nitro groups is 2. The van der Waals surface area contributed by atoms with Gasteiger partial charge >= 0.3 is 45.9 Å². The Morgan fingerprint density at radius 2 is 0.915 bits per heavy atom. The summed E-state index contributed by atoms with van der Waals surface area (Å²) in [6, 6.07) is 36.8. The van der Waals surface area contributed by atoms with Gasteiger partial charge in [-0.1, -0.05) is 48.5 Å². The Bertz CT molecular complexity index is 4500. The molecule has 10 aromatic rings. The number of benzene rings is 8. The van der Waals surface area contributed by atoms with Crippen molar-refractivity contribution in [1.82, 2.24) is 9.97 Å². The third-order valence-electron chi connectivity index (χ3n) is 15.5. The molecular weight excluding hydrogens is 1310 g/mol. The fourth-order valence-electron chi connectivity index (χ4n) is 11.6. The van der Waals surface area contributed by atoms with E-state index < -0.39 is 92.3 Å². The molecule has 0 saturated heterocycles. The number of rotatable bonds is 18. The Morgan fingerprint density at radius 1 is 0.521 bits per heavy atom. The van der Waals surface area contributed by atoms with E-state index in [9.17, 15) is 73.6 Å². The molecule has 2 aliphatic heterocycles. The number of amides is 6. The normalized spacial score (nSPS) is 14.4. The lowest BCUT2D eigenvalue weighted by atomic mass is 9.95. The summed E-state index contributed by atoms with van der Waals surface area (Å²) < 4.78 is 20.1. The first kappa shape index (κ1) is 63.8. The van der Waals surface area contributed by atoms with E-state index >= 15 is 0 Å². The fourth-order valence-corrected chi connectivity index (χ4v) is 12.9. The van der Waals surface area contributed by atoms with Crippen molar-refractivity contribution in [2.45, 2.75) is 25.0 Å². The number of nitro benzene ring substituents is 2. The molecule has 480 valence electrons. The van der Waals surface area contributed by atoms with Gasteiger partial charge in [-0.25, -0.2) is 14.4 Å². The summed E-state index contributed by atoms with van der Waals surface area (Å²) in [6.45, 7) is -0.556. The largest absolute Gasteiger partial charge is 0.614 e. The standard InChI is InChI=1S/C61H48Cl2N10O19P2/c62-25-35-27-70(51-23-45(39-5-1-3-7-41(39)55(35)51)68-60(77)89-29-31-9-15-49(72(79)80)53(17-31)91-93(83,84)85)57(74)47-21-33-19-37(11-13-43(33)66-47)64-59(76)65-38-12-14-44-34(20-38)22-48(67-44)58(75)71-28-36(26-63)56-42-8-4-2-6-40(42)46(24-52(56)71)69-61(78)90-30-32-10-16-50(73(81)82)54(18-32)92-94(86,87)88/h1-24,35-36,83-88H,25-30H2,(H4-2,64,65,66,67,68,69,74,75,76,77,78)/p+2. The number of fused-ring (bicyclic) bond motifs is 8. The van der Waals surface area contributed by atoms with Crippen molar-refractivity contribution < 1.29 is 81.7 Å². The highest BCUT2D eigenvalue weighted by molar-refractivity contribution is 7.54. The number of aromatic nitrogens is 2. The van der Waals surface area contributed by atoms with E-state index in [4.69, 9.17) is 32.7 Å². The number of carbonyl (C=O) groups is 5. The van der Waals surface area contributed by atoms with Crippen LogP contribution in [0.5, 0.6) is 11.5 Å². The molecule has 0 aliphatic carbocycles. The summed E-state index contributed by atoms with van der Waals surface area (Å²) in [6.07, 6.45) is -1.90. The molecule has 94 heavy (non-hydrogen) atoms. The van der Waals surface area contributed by atoms with Gasteiger partial charge in [0.15, 0.2) is 0 Å². The Labute approximate surface area is 539 Å². The van der Waals surface area contributed by atoms with Gasteiger partial charge in [-0.15, -0.1) is 23.2 Å². The van der Waals surface area contributed by atoms with Crippen molar-refractivity contribution in [3.8, 4) is 11.5 Å². The number of nitrogens with zero attached hydrogens (tertiary/aromatic N) is 4.